The zero-order valence-corrected chi connectivity index (χ0v) is 5.38. The van der Waals surface area contributed by atoms with E-state index in [4.69, 9.17) is 5.53 Å². The van der Waals surface area contributed by atoms with Gasteiger partial charge in [0.15, 0.2) is 0 Å². The second-order valence-electron chi connectivity index (χ2n) is 2.20. The Hall–Kier alpha value is -0.890. The van der Waals surface area contributed by atoms with Crippen LogP contribution in [-0.2, 0) is 0 Å². The molecule has 0 radical (unpaired) electrons. The Kier molecular flexibility index (Phi) is 2.22. The van der Waals surface area contributed by atoms with Gasteiger partial charge in [-0.1, -0.05) is 0 Å². The number of rotatable bonds is 1. The summed E-state index contributed by atoms with van der Waals surface area (Å²) in [6, 6.07) is 0. The van der Waals surface area contributed by atoms with Crippen molar-refractivity contribution in [2.45, 2.75) is 19.3 Å². The molecule has 1 rings (SSSR count). The molecule has 0 saturated carbocycles. The molecule has 1 saturated heterocycles. The Balaban J connectivity index is 2.31. The molecule has 0 aromatic carbocycles. The van der Waals surface area contributed by atoms with E-state index in [9.17, 15) is 0 Å². The molecule has 9 heavy (non-hydrogen) atoms. The van der Waals surface area contributed by atoms with E-state index in [1.807, 2.05) is 5.01 Å². The van der Waals surface area contributed by atoms with Gasteiger partial charge < -0.3 is 0 Å². The topological polar surface area (TPSA) is 53.6 Å². The van der Waals surface area contributed by atoms with Crippen LogP contribution < -0.4 is 4.91 Å². The maximum absolute atomic E-state index is 6.46. The molecule has 0 bridgehead atoms. The SMILES string of the molecule is N=[N+]=NN1CCCCC1. The summed E-state index contributed by atoms with van der Waals surface area (Å²) in [5.74, 6) is 0. The maximum Gasteiger partial charge on any atom is 0.217 e. The molecule has 0 aromatic rings. The maximum atomic E-state index is 6.46. The number of hydrogen-bond donors (Lipinski definition) is 1. The average Bonchev–Trinajstić information content (AvgIpc) is 1.91. The fraction of sp³-hybridized carbons (Fsp3) is 1.00. The Morgan fingerprint density at radius 2 is 1.89 bits per heavy atom. The molecule has 50 valence electrons. The normalized spacial score (nSPS) is 18.9. The van der Waals surface area contributed by atoms with Crippen molar-refractivity contribution in [2.75, 3.05) is 13.1 Å². The van der Waals surface area contributed by atoms with E-state index in [1.165, 1.54) is 19.3 Å². The summed E-state index contributed by atoms with van der Waals surface area (Å²) < 4.78 is 0. The van der Waals surface area contributed by atoms with Gasteiger partial charge in [0.2, 0.25) is 5.22 Å². The molecule has 0 aromatic heterocycles. The number of piperidine rings is 1. The highest BCUT2D eigenvalue weighted by molar-refractivity contribution is 4.57. The summed E-state index contributed by atoms with van der Waals surface area (Å²) in [6.45, 7) is 1.95. The van der Waals surface area contributed by atoms with Crippen molar-refractivity contribution < 1.29 is 0 Å². The quantitative estimate of drug-likeness (QED) is 0.413. The van der Waals surface area contributed by atoms with Crippen LogP contribution in [0.4, 0.5) is 0 Å². The van der Waals surface area contributed by atoms with Gasteiger partial charge in [-0.3, -0.25) is 0 Å². The van der Waals surface area contributed by atoms with Crippen molar-refractivity contribution in [3.63, 3.8) is 0 Å². The van der Waals surface area contributed by atoms with Gasteiger partial charge >= 0.3 is 0 Å². The highest BCUT2D eigenvalue weighted by Crippen LogP contribution is 2.07. The fourth-order valence-corrected chi connectivity index (χ4v) is 1.03. The van der Waals surface area contributed by atoms with Crippen molar-refractivity contribution >= 4 is 0 Å². The van der Waals surface area contributed by atoms with Gasteiger partial charge in [-0.2, -0.15) is 5.01 Å². The largest absolute Gasteiger partial charge is 0.217 e. The molecule has 1 aliphatic rings. The van der Waals surface area contributed by atoms with Gasteiger partial charge in [0.1, 0.15) is 13.1 Å². The summed E-state index contributed by atoms with van der Waals surface area (Å²) in [4.78, 5) is 2.96. The summed E-state index contributed by atoms with van der Waals surface area (Å²) in [6.07, 6.45) is 3.68. The standard InChI is InChI=1S/C5H11N4/c6-7-8-9-4-2-1-3-5-9/h6H,1-5H2/q+1. The predicted octanol–water partition coefficient (Wildman–Crippen LogP) is 0.938. The number of hydrogen-bond acceptors (Lipinski definition) is 2. The zero-order valence-electron chi connectivity index (χ0n) is 5.38. The summed E-state index contributed by atoms with van der Waals surface area (Å²) in [7, 11) is 0. The lowest BCUT2D eigenvalue weighted by Crippen LogP contribution is -2.24. The van der Waals surface area contributed by atoms with Crippen LogP contribution in [0.1, 0.15) is 19.3 Å². The van der Waals surface area contributed by atoms with Crippen molar-refractivity contribution in [1.29, 1.82) is 5.53 Å². The van der Waals surface area contributed by atoms with Gasteiger partial charge in [-0.15, -0.1) is 0 Å². The first-order valence-corrected chi connectivity index (χ1v) is 3.26. The molecule has 1 fully saturated rings. The molecule has 0 spiro atoms. The summed E-state index contributed by atoms with van der Waals surface area (Å²) >= 11 is 0. The van der Waals surface area contributed by atoms with E-state index in [0.717, 1.165) is 13.1 Å². The summed E-state index contributed by atoms with van der Waals surface area (Å²) in [5, 5.41) is 5.45. The minimum Gasteiger partial charge on any atom is -0.153 e. The van der Waals surface area contributed by atoms with E-state index < -0.39 is 0 Å². The molecule has 0 aliphatic carbocycles. The van der Waals surface area contributed by atoms with E-state index in [0.29, 0.717) is 0 Å². The van der Waals surface area contributed by atoms with Crippen molar-refractivity contribution in [3.8, 4) is 0 Å². The predicted molar refractivity (Wildman–Crippen MR) is 32.7 cm³/mol. The summed E-state index contributed by atoms with van der Waals surface area (Å²) in [5.41, 5.74) is 6.46. The third-order valence-corrected chi connectivity index (χ3v) is 1.50. The van der Waals surface area contributed by atoms with Gasteiger partial charge in [0, 0.05) is 0 Å². The third kappa shape index (κ3) is 1.82. The lowest BCUT2D eigenvalue weighted by atomic mass is 10.2. The van der Waals surface area contributed by atoms with Gasteiger partial charge in [-0.25, -0.2) is 0 Å². The molecule has 4 nitrogen and oxygen atoms in total. The van der Waals surface area contributed by atoms with Crippen molar-refractivity contribution in [1.82, 2.24) is 9.92 Å². The van der Waals surface area contributed by atoms with Gasteiger partial charge in [0.05, 0.1) is 4.91 Å². The second-order valence-corrected chi connectivity index (χ2v) is 2.20. The average molecular weight is 127 g/mol. The van der Waals surface area contributed by atoms with E-state index >= 15 is 0 Å². The van der Waals surface area contributed by atoms with Crippen LogP contribution in [0.5, 0.6) is 0 Å². The van der Waals surface area contributed by atoms with E-state index in [1.54, 1.807) is 0 Å². The molecule has 1 heterocycles. The van der Waals surface area contributed by atoms with Crippen LogP contribution in [0.2, 0.25) is 0 Å². The fourth-order valence-electron chi connectivity index (χ4n) is 1.03. The molecular weight excluding hydrogens is 116 g/mol. The van der Waals surface area contributed by atoms with Gasteiger partial charge in [0.25, 0.3) is 0 Å². The molecule has 0 amide bonds. The number of nitrogens with one attached hydrogen (secondary N) is 1. The lowest BCUT2D eigenvalue weighted by molar-refractivity contribution is 0.218. The van der Waals surface area contributed by atoms with Crippen LogP contribution >= 0.6 is 0 Å². The minimum absolute atomic E-state index is 0.975. The van der Waals surface area contributed by atoms with E-state index in [2.05, 4.69) is 10.1 Å². The smallest absolute Gasteiger partial charge is 0.153 e. The van der Waals surface area contributed by atoms with Crippen LogP contribution in [0, 0.1) is 5.53 Å². The number of nitrogens with zero attached hydrogens (tertiary/aromatic N) is 3. The van der Waals surface area contributed by atoms with Crippen molar-refractivity contribution in [2.24, 2.45) is 5.22 Å². The van der Waals surface area contributed by atoms with Crippen LogP contribution in [0.3, 0.4) is 0 Å². The molecule has 1 N–H and O–H groups in total. The van der Waals surface area contributed by atoms with Gasteiger partial charge in [-0.05, 0) is 24.8 Å². The Morgan fingerprint density at radius 1 is 1.22 bits per heavy atom. The molecule has 0 atom stereocenters. The minimum atomic E-state index is 0.975. The molecule has 1 aliphatic heterocycles. The second kappa shape index (κ2) is 3.20. The Bertz CT molecular complexity index is 121. The highest BCUT2D eigenvalue weighted by Gasteiger charge is 2.13. The first-order valence-electron chi connectivity index (χ1n) is 3.26. The van der Waals surface area contributed by atoms with Crippen molar-refractivity contribution in [3.05, 3.63) is 0 Å². The zero-order chi connectivity index (χ0) is 6.53. The monoisotopic (exact) mass is 127 g/mol. The highest BCUT2D eigenvalue weighted by atomic mass is 15.5. The molecule has 0 unspecified atom stereocenters. The van der Waals surface area contributed by atoms with Crippen LogP contribution in [0.25, 0.3) is 0 Å². The first kappa shape index (κ1) is 6.23. The Labute approximate surface area is 54.1 Å². The van der Waals surface area contributed by atoms with Crippen LogP contribution in [-0.4, -0.2) is 18.1 Å². The van der Waals surface area contributed by atoms with E-state index in [-0.39, 0.29) is 0 Å². The first-order chi connectivity index (χ1) is 4.43. The molecular formula is C5H11N4+. The lowest BCUT2D eigenvalue weighted by Gasteiger charge is -2.12. The van der Waals surface area contributed by atoms with Crippen LogP contribution in [0.15, 0.2) is 5.22 Å². The Morgan fingerprint density at radius 3 is 2.44 bits per heavy atom. The molecule has 4 heteroatoms. The third-order valence-electron chi connectivity index (χ3n) is 1.50.